The summed E-state index contributed by atoms with van der Waals surface area (Å²) in [7, 11) is -3.28. The Bertz CT molecular complexity index is 492. The molecular formula is C14H23NO3S. The number of sulfone groups is 1. The van der Waals surface area contributed by atoms with Crippen LogP contribution in [0.4, 0.5) is 0 Å². The van der Waals surface area contributed by atoms with Gasteiger partial charge in [0.25, 0.3) is 0 Å². The van der Waals surface area contributed by atoms with Gasteiger partial charge in [-0.15, -0.1) is 0 Å². The van der Waals surface area contributed by atoms with E-state index in [0.717, 1.165) is 12.0 Å². The van der Waals surface area contributed by atoms with Gasteiger partial charge in [0.2, 0.25) is 0 Å². The minimum absolute atomic E-state index is 0.00159. The first kappa shape index (κ1) is 16.1. The summed E-state index contributed by atoms with van der Waals surface area (Å²) in [6, 6.07) is 6.68. The highest BCUT2D eigenvalue weighted by molar-refractivity contribution is 7.91. The smallest absolute Gasteiger partial charge is 0.180 e. The first-order valence-electron chi connectivity index (χ1n) is 6.46. The van der Waals surface area contributed by atoms with Crippen LogP contribution < -0.4 is 5.73 Å². The average molecular weight is 285 g/mol. The molecule has 5 heteroatoms. The minimum Gasteiger partial charge on any atom is -0.375 e. The molecule has 0 unspecified atom stereocenters. The highest BCUT2D eigenvalue weighted by Crippen LogP contribution is 2.16. The van der Waals surface area contributed by atoms with Gasteiger partial charge in [0.1, 0.15) is 0 Å². The second-order valence-corrected chi connectivity index (χ2v) is 7.24. The van der Waals surface area contributed by atoms with Crippen molar-refractivity contribution in [1.82, 2.24) is 0 Å². The predicted octanol–water partition coefficient (Wildman–Crippen LogP) is 2.12. The maximum atomic E-state index is 12.1. The van der Waals surface area contributed by atoms with E-state index in [-0.39, 0.29) is 18.0 Å². The second kappa shape index (κ2) is 6.50. The lowest BCUT2D eigenvalue weighted by Crippen LogP contribution is -2.26. The fourth-order valence-electron chi connectivity index (χ4n) is 1.48. The molecule has 0 heterocycles. The Kier molecular flexibility index (Phi) is 5.52. The van der Waals surface area contributed by atoms with E-state index in [1.807, 2.05) is 20.8 Å². The number of ether oxygens (including phenoxy) is 1. The van der Waals surface area contributed by atoms with Gasteiger partial charge in [0.15, 0.2) is 9.84 Å². The highest BCUT2D eigenvalue weighted by atomic mass is 32.2. The van der Waals surface area contributed by atoms with Crippen LogP contribution in [0.25, 0.3) is 0 Å². The lowest BCUT2D eigenvalue weighted by atomic mass is 10.1. The van der Waals surface area contributed by atoms with Crippen molar-refractivity contribution >= 4 is 9.84 Å². The van der Waals surface area contributed by atoms with Crippen molar-refractivity contribution < 1.29 is 13.2 Å². The van der Waals surface area contributed by atoms with Crippen LogP contribution in [0.15, 0.2) is 29.2 Å². The Hall–Kier alpha value is -0.910. The summed E-state index contributed by atoms with van der Waals surface area (Å²) in [6.07, 6.45) is 0.845. The minimum atomic E-state index is -3.28. The first-order valence-corrected chi connectivity index (χ1v) is 8.12. The number of hydrogen-bond acceptors (Lipinski definition) is 4. The van der Waals surface area contributed by atoms with Crippen LogP contribution in [0.5, 0.6) is 0 Å². The Labute approximate surface area is 115 Å². The van der Waals surface area contributed by atoms with Crippen LogP contribution >= 0.6 is 0 Å². The van der Waals surface area contributed by atoms with Crippen LogP contribution in [-0.2, 0) is 21.1 Å². The highest BCUT2D eigenvalue weighted by Gasteiger charge is 2.19. The third kappa shape index (κ3) is 4.93. The molecule has 1 aromatic carbocycles. The summed E-state index contributed by atoms with van der Waals surface area (Å²) >= 11 is 0. The number of nitrogens with two attached hydrogens (primary N) is 1. The SMILES string of the molecule is CCC(C)(C)OCCS(=O)(=O)c1ccc(CN)cc1. The van der Waals surface area contributed by atoms with Gasteiger partial charge in [-0.2, -0.15) is 0 Å². The summed E-state index contributed by atoms with van der Waals surface area (Å²) in [5.41, 5.74) is 6.12. The molecule has 0 aliphatic heterocycles. The zero-order valence-electron chi connectivity index (χ0n) is 11.8. The molecular weight excluding hydrogens is 262 g/mol. The molecule has 4 nitrogen and oxygen atoms in total. The van der Waals surface area contributed by atoms with E-state index >= 15 is 0 Å². The van der Waals surface area contributed by atoms with Gasteiger partial charge in [-0.3, -0.25) is 0 Å². The van der Waals surface area contributed by atoms with E-state index in [9.17, 15) is 8.42 Å². The third-order valence-corrected chi connectivity index (χ3v) is 4.91. The topological polar surface area (TPSA) is 69.4 Å². The van der Waals surface area contributed by atoms with Crippen molar-refractivity contribution in [3.8, 4) is 0 Å². The van der Waals surface area contributed by atoms with Gasteiger partial charge < -0.3 is 10.5 Å². The van der Waals surface area contributed by atoms with Crippen LogP contribution in [-0.4, -0.2) is 26.4 Å². The molecule has 0 saturated carbocycles. The van der Waals surface area contributed by atoms with Gasteiger partial charge in [0, 0.05) is 6.54 Å². The van der Waals surface area contributed by atoms with Crippen LogP contribution in [0.1, 0.15) is 32.8 Å². The maximum absolute atomic E-state index is 12.1. The lowest BCUT2D eigenvalue weighted by molar-refractivity contribution is -0.0114. The van der Waals surface area contributed by atoms with Crippen molar-refractivity contribution in [3.05, 3.63) is 29.8 Å². The predicted molar refractivity (Wildman–Crippen MR) is 76.7 cm³/mol. The fourth-order valence-corrected chi connectivity index (χ4v) is 2.57. The molecule has 2 N–H and O–H groups in total. The molecule has 0 aromatic heterocycles. The van der Waals surface area contributed by atoms with E-state index in [2.05, 4.69) is 0 Å². The molecule has 0 saturated heterocycles. The first-order chi connectivity index (χ1) is 8.80. The fraction of sp³-hybridized carbons (Fsp3) is 0.571. The molecule has 0 radical (unpaired) electrons. The molecule has 0 aliphatic carbocycles. The largest absolute Gasteiger partial charge is 0.375 e. The molecule has 108 valence electrons. The van der Waals surface area contributed by atoms with Gasteiger partial charge in [-0.25, -0.2) is 8.42 Å². The van der Waals surface area contributed by atoms with E-state index in [1.165, 1.54) is 0 Å². The van der Waals surface area contributed by atoms with E-state index in [0.29, 0.717) is 11.4 Å². The zero-order chi connectivity index (χ0) is 14.5. The summed E-state index contributed by atoms with van der Waals surface area (Å²) in [4.78, 5) is 0.322. The molecule has 1 rings (SSSR count). The Morgan fingerprint density at radius 3 is 2.26 bits per heavy atom. The number of rotatable bonds is 7. The van der Waals surface area contributed by atoms with E-state index in [1.54, 1.807) is 24.3 Å². The summed E-state index contributed by atoms with van der Waals surface area (Å²) in [5, 5.41) is 0. The Morgan fingerprint density at radius 1 is 1.21 bits per heavy atom. The van der Waals surface area contributed by atoms with Crippen molar-refractivity contribution in [1.29, 1.82) is 0 Å². The third-order valence-electron chi connectivity index (χ3n) is 3.21. The molecule has 1 aromatic rings. The second-order valence-electron chi connectivity index (χ2n) is 5.13. The lowest BCUT2D eigenvalue weighted by Gasteiger charge is -2.23. The quantitative estimate of drug-likeness (QED) is 0.833. The maximum Gasteiger partial charge on any atom is 0.180 e. The van der Waals surface area contributed by atoms with Gasteiger partial charge >= 0.3 is 0 Å². The van der Waals surface area contributed by atoms with Crippen LogP contribution in [0, 0.1) is 0 Å². The normalized spacial score (nSPS) is 12.6. The number of benzene rings is 1. The average Bonchev–Trinajstić information content (AvgIpc) is 2.38. The Balaban J connectivity index is 2.65. The van der Waals surface area contributed by atoms with Gasteiger partial charge in [-0.1, -0.05) is 19.1 Å². The summed E-state index contributed by atoms with van der Waals surface area (Å²) < 4.78 is 29.8. The van der Waals surface area contributed by atoms with E-state index < -0.39 is 9.84 Å². The van der Waals surface area contributed by atoms with Gasteiger partial charge in [-0.05, 0) is 38.0 Å². The zero-order valence-corrected chi connectivity index (χ0v) is 12.7. The molecule has 0 atom stereocenters. The Morgan fingerprint density at radius 2 is 1.79 bits per heavy atom. The molecule has 0 fully saturated rings. The van der Waals surface area contributed by atoms with Crippen molar-refractivity contribution in [3.63, 3.8) is 0 Å². The summed E-state index contributed by atoms with van der Waals surface area (Å²) in [5.74, 6) is -0.00159. The molecule has 0 aliphatic rings. The molecule has 0 amide bonds. The summed E-state index contributed by atoms with van der Waals surface area (Å²) in [6.45, 7) is 6.54. The monoisotopic (exact) mass is 285 g/mol. The van der Waals surface area contributed by atoms with Crippen molar-refractivity contribution in [2.75, 3.05) is 12.4 Å². The standard InChI is InChI=1S/C14H23NO3S/c1-4-14(2,3)18-9-10-19(16,17)13-7-5-12(11-15)6-8-13/h5-8H,4,9-11,15H2,1-3H3. The van der Waals surface area contributed by atoms with Crippen molar-refractivity contribution in [2.24, 2.45) is 5.73 Å². The van der Waals surface area contributed by atoms with Crippen LogP contribution in [0.2, 0.25) is 0 Å². The van der Waals surface area contributed by atoms with Crippen molar-refractivity contribution in [2.45, 2.75) is 44.2 Å². The van der Waals surface area contributed by atoms with Crippen LogP contribution in [0.3, 0.4) is 0 Å². The molecule has 19 heavy (non-hydrogen) atoms. The van der Waals surface area contributed by atoms with E-state index in [4.69, 9.17) is 10.5 Å². The number of hydrogen-bond donors (Lipinski definition) is 1. The molecule has 0 spiro atoms. The molecule has 0 bridgehead atoms. The van der Waals surface area contributed by atoms with Gasteiger partial charge in [0.05, 0.1) is 22.9 Å².